The third kappa shape index (κ3) is 2.91. The molecule has 2 fully saturated rings. The molecule has 2 aliphatic rings. The van der Waals surface area contributed by atoms with E-state index in [0.717, 1.165) is 41.7 Å². The first-order chi connectivity index (χ1) is 10.9. The van der Waals surface area contributed by atoms with Crippen LogP contribution in [0.25, 0.3) is 11.0 Å². The highest BCUT2D eigenvalue weighted by Gasteiger charge is 2.28. The van der Waals surface area contributed by atoms with Crippen LogP contribution in [-0.2, 0) is 22.8 Å². The van der Waals surface area contributed by atoms with E-state index in [2.05, 4.69) is 4.57 Å². The van der Waals surface area contributed by atoms with Gasteiger partial charge in [-0.15, -0.1) is 0 Å². The number of imidazole rings is 1. The number of rotatable bonds is 6. The van der Waals surface area contributed by atoms with E-state index in [1.54, 1.807) is 26.0 Å². The molecular formula is C18H24N2O2S. The molecular weight excluding hydrogens is 308 g/mol. The minimum atomic E-state index is -3.24. The second-order valence-corrected chi connectivity index (χ2v) is 9.98. The van der Waals surface area contributed by atoms with Gasteiger partial charge in [0.15, 0.2) is 9.84 Å². The lowest BCUT2D eigenvalue weighted by Crippen LogP contribution is -2.13. The van der Waals surface area contributed by atoms with Crippen molar-refractivity contribution < 1.29 is 8.42 Å². The Balaban J connectivity index is 1.78. The molecule has 2 aliphatic carbocycles. The fourth-order valence-electron chi connectivity index (χ4n) is 3.11. The average molecular weight is 332 g/mol. The lowest BCUT2D eigenvalue weighted by atomic mass is 10.2. The maximum absolute atomic E-state index is 12.4. The molecule has 1 aromatic carbocycles. The monoisotopic (exact) mass is 332 g/mol. The molecule has 0 spiro atoms. The van der Waals surface area contributed by atoms with Gasteiger partial charge in [0.2, 0.25) is 0 Å². The Morgan fingerprint density at radius 1 is 1.17 bits per heavy atom. The summed E-state index contributed by atoms with van der Waals surface area (Å²) >= 11 is 0. The summed E-state index contributed by atoms with van der Waals surface area (Å²) in [4.78, 5) is 5.20. The maximum atomic E-state index is 12.4. The molecule has 0 aliphatic heterocycles. The number of hydrogen-bond donors (Lipinski definition) is 0. The third-order valence-corrected chi connectivity index (χ3v) is 7.21. The minimum absolute atomic E-state index is 0.397. The standard InChI is InChI=1S/C18H24N2O2S/c1-12(2)23(21,22)15-7-8-17-16(10-15)19-18(9-13-3-4-13)20(17)11-14-5-6-14/h7-8,10,12-14H,3-6,9,11H2,1-2H3. The highest BCUT2D eigenvalue weighted by atomic mass is 32.2. The highest BCUT2D eigenvalue weighted by Crippen LogP contribution is 2.36. The van der Waals surface area contributed by atoms with Crippen LogP contribution in [0.1, 0.15) is 45.4 Å². The Labute approximate surface area is 137 Å². The molecule has 4 nitrogen and oxygen atoms in total. The van der Waals surface area contributed by atoms with Gasteiger partial charge in [-0.1, -0.05) is 0 Å². The van der Waals surface area contributed by atoms with Crippen LogP contribution < -0.4 is 0 Å². The van der Waals surface area contributed by atoms with Gasteiger partial charge in [-0.25, -0.2) is 13.4 Å². The number of benzene rings is 1. The molecule has 5 heteroatoms. The molecule has 0 N–H and O–H groups in total. The lowest BCUT2D eigenvalue weighted by molar-refractivity contribution is 0.587. The summed E-state index contributed by atoms with van der Waals surface area (Å²) in [7, 11) is -3.24. The molecule has 2 saturated carbocycles. The Morgan fingerprint density at radius 3 is 2.48 bits per heavy atom. The fourth-order valence-corrected chi connectivity index (χ4v) is 4.18. The molecule has 0 radical (unpaired) electrons. The molecule has 2 aromatic rings. The maximum Gasteiger partial charge on any atom is 0.180 e. The molecule has 1 heterocycles. The Hall–Kier alpha value is -1.36. The zero-order valence-corrected chi connectivity index (χ0v) is 14.6. The fraction of sp³-hybridized carbons (Fsp3) is 0.611. The first-order valence-corrected chi connectivity index (χ1v) is 10.2. The Kier molecular flexibility index (Phi) is 3.52. The van der Waals surface area contributed by atoms with Crippen molar-refractivity contribution in [2.24, 2.45) is 11.8 Å². The Bertz CT molecular complexity index is 843. The number of aromatic nitrogens is 2. The van der Waals surface area contributed by atoms with E-state index in [9.17, 15) is 8.42 Å². The van der Waals surface area contributed by atoms with E-state index < -0.39 is 15.1 Å². The Morgan fingerprint density at radius 2 is 1.87 bits per heavy atom. The molecule has 0 amide bonds. The first-order valence-electron chi connectivity index (χ1n) is 8.68. The number of sulfone groups is 1. The van der Waals surface area contributed by atoms with Crippen molar-refractivity contribution in [3.63, 3.8) is 0 Å². The van der Waals surface area contributed by atoms with Crippen LogP contribution >= 0.6 is 0 Å². The van der Waals surface area contributed by atoms with Crippen molar-refractivity contribution in [2.45, 2.75) is 62.6 Å². The number of hydrogen-bond acceptors (Lipinski definition) is 3. The zero-order valence-electron chi connectivity index (χ0n) is 13.8. The predicted octanol–water partition coefficient (Wildman–Crippen LogP) is 3.58. The summed E-state index contributed by atoms with van der Waals surface area (Å²) in [5.74, 6) is 2.71. The van der Waals surface area contributed by atoms with Crippen molar-refractivity contribution in [1.29, 1.82) is 0 Å². The third-order valence-electron chi connectivity index (χ3n) is 5.05. The van der Waals surface area contributed by atoms with Crippen molar-refractivity contribution in [1.82, 2.24) is 9.55 Å². The molecule has 1 aromatic heterocycles. The normalized spacial score (nSPS) is 18.9. The van der Waals surface area contributed by atoms with Gasteiger partial charge in [-0.2, -0.15) is 0 Å². The molecule has 0 unspecified atom stereocenters. The predicted molar refractivity (Wildman–Crippen MR) is 91.2 cm³/mol. The minimum Gasteiger partial charge on any atom is -0.328 e. The van der Waals surface area contributed by atoms with E-state index in [1.165, 1.54) is 25.7 Å². The van der Waals surface area contributed by atoms with Crippen LogP contribution in [0.2, 0.25) is 0 Å². The first kappa shape index (κ1) is 15.2. The number of fused-ring (bicyclic) bond motifs is 1. The van der Waals surface area contributed by atoms with Gasteiger partial charge in [-0.3, -0.25) is 0 Å². The summed E-state index contributed by atoms with van der Waals surface area (Å²) < 4.78 is 27.2. The lowest BCUT2D eigenvalue weighted by Gasteiger charge is -2.09. The van der Waals surface area contributed by atoms with E-state index in [1.807, 2.05) is 6.07 Å². The highest BCUT2D eigenvalue weighted by molar-refractivity contribution is 7.92. The van der Waals surface area contributed by atoms with Crippen LogP contribution in [0.3, 0.4) is 0 Å². The van der Waals surface area contributed by atoms with Crippen LogP contribution in [0, 0.1) is 11.8 Å². The molecule has 0 bridgehead atoms. The van der Waals surface area contributed by atoms with Gasteiger partial charge >= 0.3 is 0 Å². The summed E-state index contributed by atoms with van der Waals surface area (Å²) in [6.45, 7) is 4.49. The smallest absolute Gasteiger partial charge is 0.180 e. The van der Waals surface area contributed by atoms with E-state index in [-0.39, 0.29) is 0 Å². The second-order valence-electron chi connectivity index (χ2n) is 7.47. The van der Waals surface area contributed by atoms with Crippen molar-refractivity contribution in [3.05, 3.63) is 24.0 Å². The van der Waals surface area contributed by atoms with Crippen LogP contribution in [-0.4, -0.2) is 23.2 Å². The summed E-state index contributed by atoms with van der Waals surface area (Å²) in [5, 5.41) is -0.403. The molecule has 4 rings (SSSR count). The molecule has 0 saturated heterocycles. The van der Waals surface area contributed by atoms with E-state index in [4.69, 9.17) is 4.98 Å². The number of nitrogens with zero attached hydrogens (tertiary/aromatic N) is 2. The van der Waals surface area contributed by atoms with Crippen LogP contribution in [0.5, 0.6) is 0 Å². The van der Waals surface area contributed by atoms with Gasteiger partial charge in [0.25, 0.3) is 0 Å². The van der Waals surface area contributed by atoms with Crippen LogP contribution in [0.15, 0.2) is 23.1 Å². The van der Waals surface area contributed by atoms with Gasteiger partial charge < -0.3 is 4.57 Å². The van der Waals surface area contributed by atoms with Crippen LogP contribution in [0.4, 0.5) is 0 Å². The van der Waals surface area contributed by atoms with Gasteiger partial charge in [-0.05, 0) is 69.6 Å². The van der Waals surface area contributed by atoms with Crippen molar-refractivity contribution in [3.8, 4) is 0 Å². The summed E-state index contributed by atoms with van der Waals surface area (Å²) in [5.41, 5.74) is 1.93. The molecule has 23 heavy (non-hydrogen) atoms. The zero-order chi connectivity index (χ0) is 16.2. The SMILES string of the molecule is CC(C)S(=O)(=O)c1ccc2c(c1)nc(CC1CC1)n2CC1CC1. The summed E-state index contributed by atoms with van der Waals surface area (Å²) in [6, 6.07) is 5.48. The second kappa shape index (κ2) is 5.33. The quantitative estimate of drug-likeness (QED) is 0.812. The van der Waals surface area contributed by atoms with Gasteiger partial charge in [0, 0.05) is 13.0 Å². The van der Waals surface area contributed by atoms with Gasteiger partial charge in [0.05, 0.1) is 21.2 Å². The summed E-state index contributed by atoms with van der Waals surface area (Å²) in [6.07, 6.45) is 6.26. The van der Waals surface area contributed by atoms with Crippen molar-refractivity contribution in [2.75, 3.05) is 0 Å². The van der Waals surface area contributed by atoms with Gasteiger partial charge in [0.1, 0.15) is 5.82 Å². The topological polar surface area (TPSA) is 52.0 Å². The molecule has 124 valence electrons. The molecule has 0 atom stereocenters. The van der Waals surface area contributed by atoms with E-state index >= 15 is 0 Å². The van der Waals surface area contributed by atoms with E-state index in [0.29, 0.717) is 4.90 Å². The van der Waals surface area contributed by atoms with Crippen molar-refractivity contribution >= 4 is 20.9 Å². The largest absolute Gasteiger partial charge is 0.328 e. The average Bonchev–Trinajstić information content (AvgIpc) is 3.39.